The zero-order valence-electron chi connectivity index (χ0n) is 20.2. The molecule has 0 fully saturated rings. The summed E-state index contributed by atoms with van der Waals surface area (Å²) < 4.78 is 53.4. The largest absolute Gasteiger partial charge is 0.351 e. The minimum atomic E-state index is -3.97. The van der Waals surface area contributed by atoms with Gasteiger partial charge in [0, 0.05) is 32.2 Å². The molecule has 0 aromatic heterocycles. The van der Waals surface area contributed by atoms with Crippen molar-refractivity contribution in [3.8, 4) is 0 Å². The van der Waals surface area contributed by atoms with E-state index in [4.69, 9.17) is 11.6 Å². The molecular formula is C25H28ClN3O5S2. The van der Waals surface area contributed by atoms with E-state index in [1.54, 1.807) is 48.5 Å². The smallest absolute Gasteiger partial charge is 0.243 e. The molecule has 0 saturated heterocycles. The maximum absolute atomic E-state index is 13.4. The second kappa shape index (κ2) is 11.5. The van der Waals surface area contributed by atoms with Gasteiger partial charge in [-0.25, -0.2) is 21.1 Å². The third kappa shape index (κ3) is 6.92. The molecule has 0 radical (unpaired) electrons. The summed E-state index contributed by atoms with van der Waals surface area (Å²) in [5.41, 5.74) is 2.27. The van der Waals surface area contributed by atoms with E-state index in [0.29, 0.717) is 16.1 Å². The summed E-state index contributed by atoms with van der Waals surface area (Å²) in [6, 6.07) is 19.3. The van der Waals surface area contributed by atoms with Gasteiger partial charge in [-0.05, 0) is 54.4 Å². The normalized spacial score (nSPS) is 12.2. The van der Waals surface area contributed by atoms with Gasteiger partial charge >= 0.3 is 0 Å². The standard InChI is InChI=1S/C25H28ClN3O5S2/c1-19-4-12-24(13-5-19)36(33,34)29(17-21-6-10-22(26)11-7-21)18-25(30)27-16-20-8-14-23(15-9-20)35(31,32)28(2)3/h4-15H,16-18H2,1-3H3,(H,27,30). The van der Waals surface area contributed by atoms with E-state index < -0.39 is 32.5 Å². The quantitative estimate of drug-likeness (QED) is 0.417. The number of hydrogen-bond donors (Lipinski definition) is 1. The van der Waals surface area contributed by atoms with Gasteiger partial charge in [0.1, 0.15) is 0 Å². The molecule has 8 nitrogen and oxygen atoms in total. The number of aryl methyl sites for hydroxylation is 1. The molecule has 0 spiro atoms. The Morgan fingerprint density at radius 3 is 1.83 bits per heavy atom. The number of hydrogen-bond acceptors (Lipinski definition) is 5. The molecule has 0 bridgehead atoms. The number of halogens is 1. The van der Waals surface area contributed by atoms with E-state index in [2.05, 4.69) is 5.32 Å². The van der Waals surface area contributed by atoms with Gasteiger partial charge in [-0.15, -0.1) is 0 Å². The SMILES string of the molecule is Cc1ccc(S(=O)(=O)N(CC(=O)NCc2ccc(S(=O)(=O)N(C)C)cc2)Cc2ccc(Cl)cc2)cc1. The van der Waals surface area contributed by atoms with E-state index in [9.17, 15) is 21.6 Å². The minimum Gasteiger partial charge on any atom is -0.351 e. The molecule has 0 aliphatic rings. The van der Waals surface area contributed by atoms with Gasteiger partial charge in [-0.1, -0.05) is 53.6 Å². The molecule has 0 aliphatic carbocycles. The molecule has 3 aromatic carbocycles. The average molecular weight is 550 g/mol. The zero-order valence-corrected chi connectivity index (χ0v) is 22.6. The Hall–Kier alpha value is -2.76. The molecule has 0 saturated carbocycles. The van der Waals surface area contributed by atoms with E-state index in [0.717, 1.165) is 14.2 Å². The van der Waals surface area contributed by atoms with Crippen LogP contribution in [-0.2, 0) is 37.9 Å². The van der Waals surface area contributed by atoms with Gasteiger partial charge < -0.3 is 5.32 Å². The second-order valence-electron chi connectivity index (χ2n) is 8.42. The Morgan fingerprint density at radius 1 is 0.778 bits per heavy atom. The zero-order chi connectivity index (χ0) is 26.5. The van der Waals surface area contributed by atoms with Crippen molar-refractivity contribution in [2.45, 2.75) is 29.8 Å². The molecule has 0 atom stereocenters. The second-order valence-corrected chi connectivity index (χ2v) is 12.9. The topological polar surface area (TPSA) is 104 Å². The summed E-state index contributed by atoms with van der Waals surface area (Å²) in [5.74, 6) is -0.496. The highest BCUT2D eigenvalue weighted by molar-refractivity contribution is 7.89. The number of rotatable bonds is 10. The maximum atomic E-state index is 13.4. The van der Waals surface area contributed by atoms with Crippen molar-refractivity contribution in [2.75, 3.05) is 20.6 Å². The molecule has 1 N–H and O–H groups in total. The average Bonchev–Trinajstić information content (AvgIpc) is 2.84. The van der Waals surface area contributed by atoms with Crippen LogP contribution in [0.5, 0.6) is 0 Å². The lowest BCUT2D eigenvalue weighted by atomic mass is 10.2. The van der Waals surface area contributed by atoms with Crippen LogP contribution in [0, 0.1) is 6.92 Å². The molecule has 36 heavy (non-hydrogen) atoms. The van der Waals surface area contributed by atoms with Crippen LogP contribution >= 0.6 is 11.6 Å². The van der Waals surface area contributed by atoms with Gasteiger partial charge in [-0.2, -0.15) is 4.31 Å². The highest BCUT2D eigenvalue weighted by Gasteiger charge is 2.27. The van der Waals surface area contributed by atoms with Gasteiger partial charge in [0.05, 0.1) is 16.3 Å². The fourth-order valence-corrected chi connectivity index (χ4v) is 5.70. The number of carbonyl (C=O) groups is 1. The highest BCUT2D eigenvalue weighted by atomic mass is 35.5. The molecule has 0 aliphatic heterocycles. The summed E-state index contributed by atoms with van der Waals surface area (Å²) in [6.07, 6.45) is 0. The molecule has 192 valence electrons. The van der Waals surface area contributed by atoms with Crippen molar-refractivity contribution >= 4 is 37.6 Å². The Balaban J connectivity index is 1.75. The first-order chi connectivity index (χ1) is 16.9. The molecule has 3 rings (SSSR count). The number of nitrogens with one attached hydrogen (secondary N) is 1. The highest BCUT2D eigenvalue weighted by Crippen LogP contribution is 2.20. The molecule has 3 aromatic rings. The van der Waals surface area contributed by atoms with Crippen LogP contribution in [0.4, 0.5) is 0 Å². The predicted molar refractivity (Wildman–Crippen MR) is 139 cm³/mol. The van der Waals surface area contributed by atoms with Crippen LogP contribution in [-0.4, -0.2) is 52.0 Å². The first kappa shape index (κ1) is 27.8. The van der Waals surface area contributed by atoms with Gasteiger partial charge in [0.15, 0.2) is 0 Å². The number of sulfonamides is 2. The molecule has 1 amide bonds. The Kier molecular flexibility index (Phi) is 8.91. The van der Waals surface area contributed by atoms with Crippen molar-refractivity contribution in [3.05, 3.63) is 94.5 Å². The van der Waals surface area contributed by atoms with Crippen molar-refractivity contribution in [1.82, 2.24) is 13.9 Å². The van der Waals surface area contributed by atoms with Crippen LogP contribution in [0.15, 0.2) is 82.6 Å². The van der Waals surface area contributed by atoms with Crippen molar-refractivity contribution in [2.24, 2.45) is 0 Å². The van der Waals surface area contributed by atoms with E-state index in [-0.39, 0.29) is 22.9 Å². The Morgan fingerprint density at radius 2 is 1.28 bits per heavy atom. The fraction of sp³-hybridized carbons (Fsp3) is 0.240. The van der Waals surface area contributed by atoms with E-state index >= 15 is 0 Å². The van der Waals surface area contributed by atoms with Crippen LogP contribution in [0.1, 0.15) is 16.7 Å². The van der Waals surface area contributed by atoms with Gasteiger partial charge in [-0.3, -0.25) is 4.79 Å². The lowest BCUT2D eigenvalue weighted by Crippen LogP contribution is -2.40. The minimum absolute atomic E-state index is 0.0160. The van der Waals surface area contributed by atoms with Gasteiger partial charge in [0.2, 0.25) is 26.0 Å². The number of nitrogens with zero attached hydrogens (tertiary/aromatic N) is 2. The van der Waals surface area contributed by atoms with Crippen molar-refractivity contribution in [3.63, 3.8) is 0 Å². The van der Waals surface area contributed by atoms with E-state index in [1.807, 2.05) is 6.92 Å². The maximum Gasteiger partial charge on any atom is 0.243 e. The number of amides is 1. The molecular weight excluding hydrogens is 522 g/mol. The summed E-state index contributed by atoms with van der Waals surface area (Å²) in [6.45, 7) is 1.56. The number of benzene rings is 3. The Bertz CT molecular complexity index is 1410. The summed E-state index contributed by atoms with van der Waals surface area (Å²) in [4.78, 5) is 13.0. The lowest BCUT2D eigenvalue weighted by Gasteiger charge is -2.22. The van der Waals surface area contributed by atoms with Crippen LogP contribution in [0.25, 0.3) is 0 Å². The van der Waals surface area contributed by atoms with Crippen LogP contribution < -0.4 is 5.32 Å². The molecule has 11 heteroatoms. The van der Waals surface area contributed by atoms with Crippen LogP contribution in [0.2, 0.25) is 5.02 Å². The van der Waals surface area contributed by atoms with Crippen molar-refractivity contribution in [1.29, 1.82) is 0 Å². The summed E-state index contributed by atoms with van der Waals surface area (Å²) >= 11 is 5.95. The third-order valence-corrected chi connectivity index (χ3v) is 9.33. The lowest BCUT2D eigenvalue weighted by molar-refractivity contribution is -0.121. The first-order valence-electron chi connectivity index (χ1n) is 11.0. The molecule has 0 heterocycles. The van der Waals surface area contributed by atoms with E-state index in [1.165, 1.54) is 38.4 Å². The van der Waals surface area contributed by atoms with Gasteiger partial charge in [0.25, 0.3) is 0 Å². The monoisotopic (exact) mass is 549 g/mol. The fourth-order valence-electron chi connectivity index (χ4n) is 3.29. The van der Waals surface area contributed by atoms with Crippen molar-refractivity contribution < 1.29 is 21.6 Å². The predicted octanol–water partition coefficient (Wildman–Crippen LogP) is 3.41. The first-order valence-corrected chi connectivity index (χ1v) is 14.2. The summed E-state index contributed by atoms with van der Waals surface area (Å²) in [7, 11) is -4.62. The third-order valence-electron chi connectivity index (χ3n) is 5.44. The van der Waals surface area contributed by atoms with Crippen LogP contribution in [0.3, 0.4) is 0 Å². The Labute approximate surface area is 217 Å². The molecule has 0 unspecified atom stereocenters. The summed E-state index contributed by atoms with van der Waals surface area (Å²) in [5, 5.41) is 3.23. The number of carbonyl (C=O) groups excluding carboxylic acids is 1.